The van der Waals surface area contributed by atoms with Gasteiger partial charge in [0.05, 0.1) is 17.9 Å². The largest absolute Gasteiger partial charge is 0.324 e. The second kappa shape index (κ2) is 11.0. The fraction of sp³-hybridized carbons (Fsp3) is 0.316. The molecule has 0 radical (unpaired) electrons. The first-order chi connectivity index (χ1) is 12.0. The molecule has 0 aliphatic heterocycles. The summed E-state index contributed by atoms with van der Waals surface area (Å²) < 4.78 is 2.21. The molecule has 0 saturated carbocycles. The highest BCUT2D eigenvalue weighted by Crippen LogP contribution is 2.28. The van der Waals surface area contributed by atoms with E-state index in [1.807, 2.05) is 45.0 Å². The molecule has 1 aromatic carbocycles. The maximum Gasteiger partial charge on any atom is 0.0718 e. The van der Waals surface area contributed by atoms with Gasteiger partial charge in [-0.3, -0.25) is 10.8 Å². The minimum Gasteiger partial charge on any atom is -0.324 e. The number of hydrazine groups is 1. The lowest BCUT2D eigenvalue weighted by atomic mass is 10.2. The average Bonchev–Trinajstić information content (AvgIpc) is 2.62. The first-order valence-corrected chi connectivity index (χ1v) is 9.64. The molecule has 0 aliphatic rings. The Balaban J connectivity index is 0.00000151. The number of nitrogens with one attached hydrogen (secondary N) is 1. The van der Waals surface area contributed by atoms with E-state index in [0.29, 0.717) is 12.2 Å². The lowest BCUT2D eigenvalue weighted by Gasteiger charge is -2.23. The minimum atomic E-state index is 0.648. The van der Waals surface area contributed by atoms with Crippen LogP contribution in [0.15, 0.2) is 43.1 Å². The van der Waals surface area contributed by atoms with E-state index >= 15 is 0 Å². The number of hydrogen-bond donors (Lipinski definition) is 2. The summed E-state index contributed by atoms with van der Waals surface area (Å²) in [6, 6.07) is 10.0. The molecule has 2 aromatic rings. The second-order valence-corrected chi connectivity index (χ2v) is 6.82. The highest BCUT2D eigenvalue weighted by atomic mass is 35.5. The van der Waals surface area contributed by atoms with Crippen molar-refractivity contribution in [2.24, 2.45) is 5.84 Å². The van der Waals surface area contributed by atoms with Gasteiger partial charge in [-0.05, 0) is 54.8 Å². The summed E-state index contributed by atoms with van der Waals surface area (Å²) in [5.41, 5.74) is 7.26. The van der Waals surface area contributed by atoms with Crippen molar-refractivity contribution in [1.82, 2.24) is 10.4 Å². The topological polar surface area (TPSA) is 54.2 Å². The number of hydrogen-bond acceptors (Lipinski definition) is 5. The van der Waals surface area contributed by atoms with Crippen LogP contribution in [0.25, 0.3) is 5.70 Å². The Labute approximate surface area is 160 Å². The second-order valence-electron chi connectivity index (χ2n) is 5.10. The molecule has 0 saturated heterocycles. The standard InChI is InChI=1S/C17H21ClN4S.C2H6/c1-4-23-22(17-8-12(2)7-15(18)9-17)11-16-6-5-14(10-20-16)13(3)21-19;1-2/h5-10,21H,3-4,11,19H2,1-2H3;1-2H3. The zero-order valence-corrected chi connectivity index (χ0v) is 16.9. The van der Waals surface area contributed by atoms with Crippen LogP contribution in [0.4, 0.5) is 5.69 Å². The fourth-order valence-corrected chi connectivity index (χ4v) is 3.23. The van der Waals surface area contributed by atoms with Crippen molar-refractivity contribution in [3.8, 4) is 0 Å². The number of benzene rings is 1. The molecular weight excluding hydrogens is 352 g/mol. The van der Waals surface area contributed by atoms with E-state index in [-0.39, 0.29) is 0 Å². The molecule has 0 unspecified atom stereocenters. The fourth-order valence-electron chi connectivity index (χ4n) is 2.16. The van der Waals surface area contributed by atoms with Gasteiger partial charge < -0.3 is 9.73 Å². The number of pyridine rings is 1. The Morgan fingerprint density at radius 3 is 2.56 bits per heavy atom. The van der Waals surface area contributed by atoms with E-state index in [2.05, 4.69) is 34.3 Å². The molecule has 0 bridgehead atoms. The van der Waals surface area contributed by atoms with Crippen LogP contribution in [-0.4, -0.2) is 10.7 Å². The predicted molar refractivity (Wildman–Crippen MR) is 112 cm³/mol. The molecule has 6 heteroatoms. The molecule has 25 heavy (non-hydrogen) atoms. The molecule has 3 N–H and O–H groups in total. The monoisotopic (exact) mass is 378 g/mol. The van der Waals surface area contributed by atoms with Crippen molar-refractivity contribution in [2.45, 2.75) is 34.2 Å². The van der Waals surface area contributed by atoms with E-state index in [4.69, 9.17) is 17.4 Å². The van der Waals surface area contributed by atoms with E-state index in [1.165, 1.54) is 0 Å². The van der Waals surface area contributed by atoms with Crippen LogP contribution in [-0.2, 0) is 6.54 Å². The molecule has 2 rings (SSSR count). The molecule has 0 amide bonds. The van der Waals surface area contributed by atoms with Crippen molar-refractivity contribution in [2.75, 3.05) is 10.1 Å². The molecule has 4 nitrogen and oxygen atoms in total. The van der Waals surface area contributed by atoms with Crippen LogP contribution < -0.4 is 15.6 Å². The molecule has 1 heterocycles. The lowest BCUT2D eigenvalue weighted by Crippen LogP contribution is -2.19. The molecule has 0 fully saturated rings. The number of nitrogens with two attached hydrogens (primary N) is 1. The van der Waals surface area contributed by atoms with Gasteiger partial charge in [-0.15, -0.1) is 0 Å². The van der Waals surface area contributed by atoms with Crippen molar-refractivity contribution in [3.63, 3.8) is 0 Å². The Bertz CT molecular complexity index is 653. The van der Waals surface area contributed by atoms with Gasteiger partial charge in [-0.1, -0.05) is 39.0 Å². The van der Waals surface area contributed by atoms with Gasteiger partial charge in [0.2, 0.25) is 0 Å². The third-order valence-electron chi connectivity index (χ3n) is 3.25. The van der Waals surface area contributed by atoms with Crippen LogP contribution >= 0.6 is 23.5 Å². The Morgan fingerprint density at radius 2 is 2.04 bits per heavy atom. The first-order valence-electron chi connectivity index (χ1n) is 8.32. The Hall–Kier alpha value is -1.69. The van der Waals surface area contributed by atoms with Crippen LogP contribution in [0.3, 0.4) is 0 Å². The SMILES string of the molecule is C=C(NN)c1ccc(CN(SCC)c2cc(C)cc(Cl)c2)nc1.CC. The normalized spacial score (nSPS) is 9.84. The summed E-state index contributed by atoms with van der Waals surface area (Å²) in [4.78, 5) is 4.50. The summed E-state index contributed by atoms with van der Waals surface area (Å²) in [7, 11) is 0. The van der Waals surface area contributed by atoms with Gasteiger partial charge in [-0.2, -0.15) is 0 Å². The van der Waals surface area contributed by atoms with E-state index < -0.39 is 0 Å². The zero-order chi connectivity index (χ0) is 18.8. The maximum absolute atomic E-state index is 6.19. The van der Waals surface area contributed by atoms with Crippen LogP contribution in [0, 0.1) is 6.92 Å². The summed E-state index contributed by atoms with van der Waals surface area (Å²) in [5, 5.41) is 0.746. The van der Waals surface area contributed by atoms with Crippen LogP contribution in [0.2, 0.25) is 5.02 Å². The van der Waals surface area contributed by atoms with Crippen molar-refractivity contribution in [1.29, 1.82) is 0 Å². The van der Waals surface area contributed by atoms with Gasteiger partial charge in [0.15, 0.2) is 0 Å². The van der Waals surface area contributed by atoms with Gasteiger partial charge in [0.1, 0.15) is 0 Å². The molecule has 1 aromatic heterocycles. The molecule has 0 atom stereocenters. The van der Waals surface area contributed by atoms with E-state index in [9.17, 15) is 0 Å². The quantitative estimate of drug-likeness (QED) is 0.395. The molecule has 0 spiro atoms. The van der Waals surface area contributed by atoms with Crippen LogP contribution in [0.5, 0.6) is 0 Å². The third-order valence-corrected chi connectivity index (χ3v) is 4.38. The number of nitrogens with zero attached hydrogens (tertiary/aromatic N) is 2. The third kappa shape index (κ3) is 6.61. The molecular formula is C19H27ClN4S. The molecule has 0 aliphatic carbocycles. The summed E-state index contributed by atoms with van der Waals surface area (Å²) >= 11 is 7.93. The predicted octanol–water partition coefficient (Wildman–Crippen LogP) is 5.18. The lowest BCUT2D eigenvalue weighted by molar-refractivity contribution is 0.965. The number of aromatic nitrogens is 1. The number of rotatable bonds is 7. The number of halogens is 1. The Kier molecular flexibility index (Phi) is 9.42. The van der Waals surface area contributed by atoms with E-state index in [1.54, 1.807) is 18.1 Å². The van der Waals surface area contributed by atoms with Crippen LogP contribution in [0.1, 0.15) is 37.6 Å². The van der Waals surface area contributed by atoms with Gasteiger partial charge in [0.25, 0.3) is 0 Å². The van der Waals surface area contributed by atoms with E-state index in [0.717, 1.165) is 33.3 Å². The highest BCUT2D eigenvalue weighted by Gasteiger charge is 2.10. The average molecular weight is 379 g/mol. The smallest absolute Gasteiger partial charge is 0.0718 e. The zero-order valence-electron chi connectivity index (χ0n) is 15.3. The van der Waals surface area contributed by atoms with Crippen molar-refractivity contribution in [3.05, 3.63) is 65.0 Å². The summed E-state index contributed by atoms with van der Waals surface area (Å²) in [5.74, 6) is 6.34. The van der Waals surface area contributed by atoms with Gasteiger partial charge in [0, 0.05) is 28.2 Å². The Morgan fingerprint density at radius 1 is 1.32 bits per heavy atom. The number of aryl methyl sites for hydroxylation is 1. The number of anilines is 1. The van der Waals surface area contributed by atoms with Crippen molar-refractivity contribution >= 4 is 34.9 Å². The van der Waals surface area contributed by atoms with Gasteiger partial charge in [-0.25, -0.2) is 0 Å². The maximum atomic E-state index is 6.19. The minimum absolute atomic E-state index is 0.648. The van der Waals surface area contributed by atoms with Crippen molar-refractivity contribution < 1.29 is 0 Å². The summed E-state index contributed by atoms with van der Waals surface area (Å²) in [6.45, 7) is 12.7. The molecule has 136 valence electrons. The summed E-state index contributed by atoms with van der Waals surface area (Å²) in [6.07, 6.45) is 1.77. The first kappa shape index (κ1) is 21.4. The highest BCUT2D eigenvalue weighted by molar-refractivity contribution is 8.00. The van der Waals surface area contributed by atoms with Gasteiger partial charge >= 0.3 is 0 Å².